The summed E-state index contributed by atoms with van der Waals surface area (Å²) < 4.78 is 2.20. The Morgan fingerprint density at radius 1 is 1.18 bits per heavy atom. The van der Waals surface area contributed by atoms with E-state index < -0.39 is 0 Å². The van der Waals surface area contributed by atoms with Gasteiger partial charge in [-0.3, -0.25) is 0 Å². The third-order valence-electron chi connectivity index (χ3n) is 3.16. The number of anilines is 1. The highest BCUT2D eigenvalue weighted by Gasteiger charge is 2.11. The average molecular weight is 225 g/mol. The fraction of sp³-hybridized carbons (Fsp3) is 0.214. The number of para-hydroxylation sites is 1. The number of pyridine rings is 1. The Bertz CT molecular complexity index is 682. The van der Waals surface area contributed by atoms with Gasteiger partial charge in [0.1, 0.15) is 0 Å². The molecule has 0 aliphatic carbocycles. The lowest BCUT2D eigenvalue weighted by atomic mass is 10.2. The molecule has 1 N–H and O–H groups in total. The van der Waals surface area contributed by atoms with E-state index in [0.717, 1.165) is 12.4 Å². The number of nitrogens with one attached hydrogen (secondary N) is 1. The van der Waals surface area contributed by atoms with Gasteiger partial charge in [0.2, 0.25) is 0 Å². The first-order valence-corrected chi connectivity index (χ1v) is 5.89. The van der Waals surface area contributed by atoms with Crippen molar-refractivity contribution in [1.29, 1.82) is 0 Å². The first kappa shape index (κ1) is 10.1. The summed E-state index contributed by atoms with van der Waals surface area (Å²) in [5, 5.41) is 5.86. The summed E-state index contributed by atoms with van der Waals surface area (Å²) in [6, 6.07) is 10.5. The molecule has 0 amide bonds. The van der Waals surface area contributed by atoms with Crippen LogP contribution in [0.1, 0.15) is 6.92 Å². The van der Waals surface area contributed by atoms with Crippen molar-refractivity contribution in [3.05, 3.63) is 36.5 Å². The normalized spacial score (nSPS) is 11.2. The lowest BCUT2D eigenvalue weighted by molar-refractivity contribution is 1.01. The van der Waals surface area contributed by atoms with Gasteiger partial charge in [0.15, 0.2) is 5.82 Å². The number of aryl methyl sites for hydroxylation is 1. The SMILES string of the molecule is CCNc1nccc2c3ccccc3n(C)c12. The van der Waals surface area contributed by atoms with Crippen LogP contribution in [0.4, 0.5) is 5.82 Å². The molecule has 3 heteroatoms. The van der Waals surface area contributed by atoms with E-state index in [1.165, 1.54) is 21.8 Å². The van der Waals surface area contributed by atoms with Gasteiger partial charge >= 0.3 is 0 Å². The Kier molecular flexibility index (Phi) is 2.25. The van der Waals surface area contributed by atoms with Crippen LogP contribution in [-0.2, 0) is 7.05 Å². The van der Waals surface area contributed by atoms with Crippen molar-refractivity contribution in [2.75, 3.05) is 11.9 Å². The van der Waals surface area contributed by atoms with Crippen LogP contribution >= 0.6 is 0 Å². The molecule has 0 aliphatic heterocycles. The minimum atomic E-state index is 0.883. The zero-order chi connectivity index (χ0) is 11.8. The minimum Gasteiger partial charge on any atom is -0.369 e. The summed E-state index contributed by atoms with van der Waals surface area (Å²) in [4.78, 5) is 4.42. The lowest BCUT2D eigenvalue weighted by Crippen LogP contribution is -2.01. The summed E-state index contributed by atoms with van der Waals surface area (Å²) in [5.74, 6) is 0.962. The molecule has 86 valence electrons. The van der Waals surface area contributed by atoms with E-state index in [1.807, 2.05) is 6.20 Å². The maximum atomic E-state index is 4.42. The molecule has 0 bridgehead atoms. The number of hydrogen-bond donors (Lipinski definition) is 1. The number of nitrogens with zero attached hydrogens (tertiary/aromatic N) is 2. The summed E-state index contributed by atoms with van der Waals surface area (Å²) in [6.07, 6.45) is 1.87. The first-order chi connectivity index (χ1) is 8.33. The standard InChI is InChI=1S/C14H15N3/c1-3-15-14-13-11(8-9-16-14)10-6-4-5-7-12(10)17(13)2/h4-9H,3H2,1-2H3,(H,15,16). The van der Waals surface area contributed by atoms with Crippen molar-refractivity contribution >= 4 is 27.6 Å². The van der Waals surface area contributed by atoms with Crippen LogP contribution < -0.4 is 5.32 Å². The fourth-order valence-corrected chi connectivity index (χ4v) is 2.42. The van der Waals surface area contributed by atoms with Gasteiger partial charge in [-0.2, -0.15) is 0 Å². The largest absolute Gasteiger partial charge is 0.369 e. The van der Waals surface area contributed by atoms with Crippen molar-refractivity contribution in [3.63, 3.8) is 0 Å². The monoisotopic (exact) mass is 225 g/mol. The second-order valence-corrected chi connectivity index (χ2v) is 4.16. The second kappa shape index (κ2) is 3.77. The maximum absolute atomic E-state index is 4.42. The van der Waals surface area contributed by atoms with Crippen molar-refractivity contribution < 1.29 is 0 Å². The smallest absolute Gasteiger partial charge is 0.150 e. The van der Waals surface area contributed by atoms with Gasteiger partial charge in [0.25, 0.3) is 0 Å². The van der Waals surface area contributed by atoms with E-state index in [-0.39, 0.29) is 0 Å². The average Bonchev–Trinajstić information content (AvgIpc) is 2.66. The quantitative estimate of drug-likeness (QED) is 0.726. The second-order valence-electron chi connectivity index (χ2n) is 4.16. The van der Waals surface area contributed by atoms with E-state index in [9.17, 15) is 0 Å². The number of benzene rings is 1. The highest BCUT2D eigenvalue weighted by atomic mass is 15.0. The molecular weight excluding hydrogens is 210 g/mol. The number of aromatic nitrogens is 2. The van der Waals surface area contributed by atoms with E-state index in [4.69, 9.17) is 0 Å². The van der Waals surface area contributed by atoms with Gasteiger partial charge in [-0.25, -0.2) is 4.98 Å². The Hall–Kier alpha value is -2.03. The number of hydrogen-bond acceptors (Lipinski definition) is 2. The lowest BCUT2D eigenvalue weighted by Gasteiger charge is -2.05. The van der Waals surface area contributed by atoms with E-state index >= 15 is 0 Å². The van der Waals surface area contributed by atoms with Crippen molar-refractivity contribution in [3.8, 4) is 0 Å². The Morgan fingerprint density at radius 3 is 2.82 bits per heavy atom. The third kappa shape index (κ3) is 1.39. The maximum Gasteiger partial charge on any atom is 0.150 e. The topological polar surface area (TPSA) is 29.9 Å². The molecule has 3 aromatic rings. The van der Waals surface area contributed by atoms with Gasteiger partial charge in [0, 0.05) is 36.1 Å². The molecule has 17 heavy (non-hydrogen) atoms. The Balaban J connectivity index is 2.48. The predicted octanol–water partition coefficient (Wildman–Crippen LogP) is 3.16. The summed E-state index contributed by atoms with van der Waals surface area (Å²) >= 11 is 0. The van der Waals surface area contributed by atoms with Crippen LogP contribution in [0.25, 0.3) is 21.8 Å². The molecule has 0 saturated carbocycles. The predicted molar refractivity (Wildman–Crippen MR) is 72.4 cm³/mol. The molecule has 0 fully saturated rings. The van der Waals surface area contributed by atoms with Crippen LogP contribution in [0.15, 0.2) is 36.5 Å². The number of fused-ring (bicyclic) bond motifs is 3. The summed E-state index contributed by atoms with van der Waals surface area (Å²) in [5.41, 5.74) is 2.42. The first-order valence-electron chi connectivity index (χ1n) is 5.89. The zero-order valence-electron chi connectivity index (χ0n) is 10.1. The molecule has 0 aliphatic rings. The third-order valence-corrected chi connectivity index (χ3v) is 3.16. The zero-order valence-corrected chi connectivity index (χ0v) is 10.1. The Morgan fingerprint density at radius 2 is 2.00 bits per heavy atom. The van der Waals surface area contributed by atoms with Crippen molar-refractivity contribution in [1.82, 2.24) is 9.55 Å². The highest BCUT2D eigenvalue weighted by Crippen LogP contribution is 2.31. The molecule has 0 saturated heterocycles. The molecule has 0 radical (unpaired) electrons. The molecule has 1 aromatic carbocycles. The van der Waals surface area contributed by atoms with E-state index in [0.29, 0.717) is 0 Å². The molecule has 0 spiro atoms. The number of rotatable bonds is 2. The van der Waals surface area contributed by atoms with E-state index in [1.54, 1.807) is 0 Å². The van der Waals surface area contributed by atoms with Crippen LogP contribution in [0, 0.1) is 0 Å². The van der Waals surface area contributed by atoms with E-state index in [2.05, 4.69) is 59.2 Å². The van der Waals surface area contributed by atoms with Gasteiger partial charge in [-0.15, -0.1) is 0 Å². The van der Waals surface area contributed by atoms with Crippen LogP contribution in [0.2, 0.25) is 0 Å². The van der Waals surface area contributed by atoms with Gasteiger partial charge in [-0.1, -0.05) is 18.2 Å². The molecule has 0 atom stereocenters. The molecule has 3 rings (SSSR count). The van der Waals surface area contributed by atoms with Gasteiger partial charge in [0.05, 0.1) is 5.52 Å². The molecular formula is C14H15N3. The molecule has 3 nitrogen and oxygen atoms in total. The van der Waals surface area contributed by atoms with Crippen LogP contribution in [0.5, 0.6) is 0 Å². The molecule has 0 unspecified atom stereocenters. The van der Waals surface area contributed by atoms with Crippen molar-refractivity contribution in [2.24, 2.45) is 7.05 Å². The molecule has 2 aromatic heterocycles. The minimum absolute atomic E-state index is 0.883. The van der Waals surface area contributed by atoms with Crippen LogP contribution in [0.3, 0.4) is 0 Å². The van der Waals surface area contributed by atoms with Gasteiger partial charge in [-0.05, 0) is 19.1 Å². The van der Waals surface area contributed by atoms with Gasteiger partial charge < -0.3 is 9.88 Å². The molecule has 2 heterocycles. The van der Waals surface area contributed by atoms with Crippen molar-refractivity contribution in [2.45, 2.75) is 6.92 Å². The highest BCUT2D eigenvalue weighted by molar-refractivity contribution is 6.11. The summed E-state index contributed by atoms with van der Waals surface area (Å²) in [7, 11) is 2.09. The summed E-state index contributed by atoms with van der Waals surface area (Å²) in [6.45, 7) is 2.97. The Labute approximate surface area is 100 Å². The fourth-order valence-electron chi connectivity index (χ4n) is 2.42. The van der Waals surface area contributed by atoms with Crippen LogP contribution in [-0.4, -0.2) is 16.1 Å².